The molecule has 1 unspecified atom stereocenters. The number of nitrogens with one attached hydrogen (secondary N) is 1. The third kappa shape index (κ3) is 3.33. The molecule has 0 aliphatic carbocycles. The molecule has 3 heteroatoms. The Morgan fingerprint density at radius 3 is 2.83 bits per heavy atom. The van der Waals surface area contributed by atoms with Crippen molar-refractivity contribution in [2.75, 3.05) is 13.1 Å². The van der Waals surface area contributed by atoms with Crippen LogP contribution in [-0.4, -0.2) is 13.1 Å². The molecule has 1 N–H and O–H groups in total. The van der Waals surface area contributed by atoms with E-state index < -0.39 is 0 Å². The second-order valence-electron chi connectivity index (χ2n) is 5.55. The fraction of sp³-hybridized carbons (Fsp3) is 0.600. The molecule has 18 heavy (non-hydrogen) atoms. The van der Waals surface area contributed by atoms with Crippen molar-refractivity contribution in [1.29, 1.82) is 0 Å². The van der Waals surface area contributed by atoms with Gasteiger partial charge in [-0.25, -0.2) is 4.39 Å². The van der Waals surface area contributed by atoms with Gasteiger partial charge in [-0.2, -0.15) is 0 Å². The van der Waals surface area contributed by atoms with Crippen LogP contribution < -0.4 is 5.32 Å². The third-order valence-corrected chi connectivity index (χ3v) is 4.28. The molecule has 1 aliphatic rings. The highest BCUT2D eigenvalue weighted by Crippen LogP contribution is 2.28. The second-order valence-corrected chi connectivity index (χ2v) is 6.40. The Hall–Kier alpha value is -0.410. The monoisotopic (exact) mass is 313 g/mol. The normalized spacial score (nSPS) is 20.4. The molecule has 0 radical (unpaired) electrons. The smallest absolute Gasteiger partial charge is 0.140 e. The second kappa shape index (κ2) is 6.16. The summed E-state index contributed by atoms with van der Waals surface area (Å²) in [6, 6.07) is 3.95. The van der Waals surface area contributed by atoms with Gasteiger partial charge in [-0.1, -0.05) is 19.9 Å². The highest BCUT2D eigenvalue weighted by molar-refractivity contribution is 9.10. The predicted octanol–water partition coefficient (Wildman–Crippen LogP) is 4.25. The minimum atomic E-state index is -0.0787. The zero-order valence-corrected chi connectivity index (χ0v) is 12.7. The molecule has 0 saturated carbocycles. The Kier molecular flexibility index (Phi) is 4.79. The highest BCUT2D eigenvalue weighted by atomic mass is 79.9. The van der Waals surface area contributed by atoms with E-state index in [9.17, 15) is 4.39 Å². The van der Waals surface area contributed by atoms with Gasteiger partial charge >= 0.3 is 0 Å². The van der Waals surface area contributed by atoms with Crippen LogP contribution in [0.1, 0.15) is 43.7 Å². The summed E-state index contributed by atoms with van der Waals surface area (Å²) in [7, 11) is 0. The average molecular weight is 314 g/mol. The lowest BCUT2D eigenvalue weighted by atomic mass is 9.90. The zero-order chi connectivity index (χ0) is 13.1. The topological polar surface area (TPSA) is 12.0 Å². The SMILES string of the molecule is CC(C)c1cc(Br)c(F)c(CC2CCCNC2)c1. The van der Waals surface area contributed by atoms with Gasteiger partial charge in [0.2, 0.25) is 0 Å². The minimum absolute atomic E-state index is 0.0787. The van der Waals surface area contributed by atoms with Crippen molar-refractivity contribution in [2.24, 2.45) is 5.92 Å². The van der Waals surface area contributed by atoms with Crippen LogP contribution in [0.4, 0.5) is 4.39 Å². The van der Waals surface area contributed by atoms with E-state index in [0.717, 1.165) is 25.1 Å². The lowest BCUT2D eigenvalue weighted by Gasteiger charge is -2.23. The fourth-order valence-electron chi connectivity index (χ4n) is 2.56. The Balaban J connectivity index is 2.19. The Morgan fingerprint density at radius 1 is 1.44 bits per heavy atom. The maximum absolute atomic E-state index is 14.1. The van der Waals surface area contributed by atoms with Crippen LogP contribution >= 0.6 is 15.9 Å². The summed E-state index contributed by atoms with van der Waals surface area (Å²) in [5.41, 5.74) is 2.07. The van der Waals surface area contributed by atoms with E-state index in [2.05, 4.69) is 35.1 Å². The number of rotatable bonds is 3. The van der Waals surface area contributed by atoms with Crippen molar-refractivity contribution >= 4 is 15.9 Å². The van der Waals surface area contributed by atoms with Crippen LogP contribution in [0.5, 0.6) is 0 Å². The van der Waals surface area contributed by atoms with Crippen molar-refractivity contribution in [2.45, 2.75) is 39.0 Å². The van der Waals surface area contributed by atoms with Gasteiger partial charge in [-0.15, -0.1) is 0 Å². The van der Waals surface area contributed by atoms with Crippen LogP contribution in [-0.2, 0) is 6.42 Å². The van der Waals surface area contributed by atoms with Gasteiger partial charge in [0.25, 0.3) is 0 Å². The van der Waals surface area contributed by atoms with E-state index in [1.807, 2.05) is 12.1 Å². The molecule has 0 spiro atoms. The van der Waals surface area contributed by atoms with Gasteiger partial charge in [0.05, 0.1) is 4.47 Å². The Morgan fingerprint density at radius 2 is 2.22 bits per heavy atom. The van der Waals surface area contributed by atoms with E-state index in [4.69, 9.17) is 0 Å². The average Bonchev–Trinajstić information content (AvgIpc) is 2.35. The fourth-order valence-corrected chi connectivity index (χ4v) is 3.08. The standard InChI is InChI=1S/C15H21BrFN/c1-10(2)12-7-13(15(17)14(16)8-12)6-11-4-3-5-18-9-11/h7-8,10-11,18H,3-6,9H2,1-2H3. The van der Waals surface area contributed by atoms with Crippen LogP contribution in [0.2, 0.25) is 0 Å². The lowest BCUT2D eigenvalue weighted by Crippen LogP contribution is -2.31. The number of benzene rings is 1. The van der Waals surface area contributed by atoms with Gasteiger partial charge in [0, 0.05) is 0 Å². The first-order valence-corrected chi connectivity index (χ1v) is 7.55. The summed E-state index contributed by atoms with van der Waals surface area (Å²) in [5.74, 6) is 0.928. The quantitative estimate of drug-likeness (QED) is 0.879. The highest BCUT2D eigenvalue weighted by Gasteiger charge is 2.18. The van der Waals surface area contributed by atoms with E-state index in [0.29, 0.717) is 16.3 Å². The first-order chi connectivity index (χ1) is 8.58. The molecule has 0 aromatic heterocycles. The Bertz CT molecular complexity index is 411. The van der Waals surface area contributed by atoms with E-state index in [-0.39, 0.29) is 5.82 Å². The Labute approximate surface area is 117 Å². The molecule has 1 fully saturated rings. The first-order valence-electron chi connectivity index (χ1n) is 6.76. The third-order valence-electron chi connectivity index (χ3n) is 3.70. The molecular weight excluding hydrogens is 293 g/mol. The van der Waals surface area contributed by atoms with Crippen molar-refractivity contribution in [3.63, 3.8) is 0 Å². The minimum Gasteiger partial charge on any atom is -0.316 e. The van der Waals surface area contributed by atoms with Crippen LogP contribution in [0.25, 0.3) is 0 Å². The summed E-state index contributed by atoms with van der Waals surface area (Å²) >= 11 is 3.34. The maximum Gasteiger partial charge on any atom is 0.140 e. The number of halogens is 2. The van der Waals surface area contributed by atoms with Gasteiger partial charge in [0.1, 0.15) is 5.82 Å². The van der Waals surface area contributed by atoms with Crippen LogP contribution in [0, 0.1) is 11.7 Å². The van der Waals surface area contributed by atoms with E-state index in [1.54, 1.807) is 0 Å². The summed E-state index contributed by atoms with van der Waals surface area (Å²) in [6.07, 6.45) is 3.26. The van der Waals surface area contributed by atoms with Gasteiger partial charge < -0.3 is 5.32 Å². The molecule has 1 saturated heterocycles. The molecule has 0 bridgehead atoms. The lowest BCUT2D eigenvalue weighted by molar-refractivity contribution is 0.371. The molecule has 1 atom stereocenters. The molecule has 100 valence electrons. The first kappa shape index (κ1) is 14.0. The largest absolute Gasteiger partial charge is 0.316 e. The number of hydrogen-bond donors (Lipinski definition) is 1. The van der Waals surface area contributed by atoms with Crippen molar-refractivity contribution in [1.82, 2.24) is 5.32 Å². The molecule has 1 aliphatic heterocycles. The van der Waals surface area contributed by atoms with Crippen molar-refractivity contribution in [3.8, 4) is 0 Å². The summed E-state index contributed by atoms with van der Waals surface area (Å²) in [5, 5.41) is 3.39. The molecule has 2 rings (SSSR count). The van der Waals surface area contributed by atoms with Gasteiger partial charge in [-0.3, -0.25) is 0 Å². The summed E-state index contributed by atoms with van der Waals surface area (Å²) < 4.78 is 14.7. The maximum atomic E-state index is 14.1. The van der Waals surface area contributed by atoms with Crippen molar-refractivity contribution in [3.05, 3.63) is 33.5 Å². The molecule has 1 aromatic carbocycles. The molecule has 1 aromatic rings. The molecule has 1 heterocycles. The number of hydrogen-bond acceptors (Lipinski definition) is 1. The van der Waals surface area contributed by atoms with E-state index >= 15 is 0 Å². The van der Waals surface area contributed by atoms with Crippen LogP contribution in [0.15, 0.2) is 16.6 Å². The van der Waals surface area contributed by atoms with E-state index in [1.165, 1.54) is 18.4 Å². The van der Waals surface area contributed by atoms with Gasteiger partial charge in [-0.05, 0) is 77.3 Å². The van der Waals surface area contributed by atoms with Gasteiger partial charge in [0.15, 0.2) is 0 Å². The molecule has 0 amide bonds. The van der Waals surface area contributed by atoms with Crippen LogP contribution in [0.3, 0.4) is 0 Å². The number of piperidine rings is 1. The zero-order valence-electron chi connectivity index (χ0n) is 11.1. The predicted molar refractivity (Wildman–Crippen MR) is 77.5 cm³/mol. The molecule has 1 nitrogen and oxygen atoms in total. The van der Waals surface area contributed by atoms with Crippen molar-refractivity contribution < 1.29 is 4.39 Å². The summed E-state index contributed by atoms with van der Waals surface area (Å²) in [6.45, 7) is 6.41. The summed E-state index contributed by atoms with van der Waals surface area (Å²) in [4.78, 5) is 0. The molecular formula is C15H21BrFN.